The number of alkyl halides is 3. The molecule has 0 aromatic heterocycles. The Hall–Kier alpha value is -0.270. The van der Waals surface area contributed by atoms with Gasteiger partial charge in [0.05, 0.1) is 6.42 Å². The Bertz CT molecular complexity index is 465. The van der Waals surface area contributed by atoms with Crippen molar-refractivity contribution < 1.29 is 17.6 Å². The molecule has 1 aliphatic heterocycles. The summed E-state index contributed by atoms with van der Waals surface area (Å²) in [5.41, 5.74) is 0.0109. The van der Waals surface area contributed by atoms with Crippen LogP contribution in [0.2, 0.25) is 5.02 Å². The molecule has 1 heterocycles. The summed E-state index contributed by atoms with van der Waals surface area (Å²) in [5, 5.41) is 3.31. The number of hydrogen-bond donors (Lipinski definition) is 1. The van der Waals surface area contributed by atoms with E-state index in [4.69, 9.17) is 11.6 Å². The highest BCUT2D eigenvalue weighted by molar-refractivity contribution is 6.30. The molecule has 1 aromatic rings. The van der Waals surface area contributed by atoms with Crippen LogP contribution in [-0.4, -0.2) is 37.3 Å². The maximum Gasteiger partial charge on any atom is 0.390 e. The van der Waals surface area contributed by atoms with Crippen molar-refractivity contribution in [3.63, 3.8) is 0 Å². The molecule has 0 spiro atoms. The number of piperazine rings is 1. The quantitative estimate of drug-likeness (QED) is 0.786. The molecular formula is C13H17Cl3F4N2. The number of halogens is 7. The topological polar surface area (TPSA) is 15.3 Å². The molecule has 0 unspecified atom stereocenters. The van der Waals surface area contributed by atoms with E-state index < -0.39 is 24.5 Å². The molecule has 9 heteroatoms. The van der Waals surface area contributed by atoms with Crippen LogP contribution < -0.4 is 5.32 Å². The van der Waals surface area contributed by atoms with Gasteiger partial charge in [-0.1, -0.05) is 11.6 Å². The summed E-state index contributed by atoms with van der Waals surface area (Å²) in [4.78, 5) is 1.65. The van der Waals surface area contributed by atoms with E-state index in [0.29, 0.717) is 26.2 Å². The van der Waals surface area contributed by atoms with Crippen molar-refractivity contribution in [3.8, 4) is 0 Å². The minimum Gasteiger partial charge on any atom is -0.314 e. The second kappa shape index (κ2) is 9.13. The van der Waals surface area contributed by atoms with Gasteiger partial charge in [-0.3, -0.25) is 4.90 Å². The standard InChI is InChI=1S/C13H15ClF4N2.2ClH/c14-9-1-2-11(15)10(7-9)12(8-13(16,17)18)20-5-3-19-4-6-20;;/h1-2,7,12,19H,3-6,8H2;2*1H/t12-;;/m0../s1. The zero-order valence-corrected chi connectivity index (χ0v) is 13.9. The van der Waals surface area contributed by atoms with Gasteiger partial charge in [-0.25, -0.2) is 4.39 Å². The van der Waals surface area contributed by atoms with Crippen LogP contribution in [0, 0.1) is 5.82 Å². The fourth-order valence-electron chi connectivity index (χ4n) is 2.42. The van der Waals surface area contributed by atoms with Crippen LogP contribution in [0.15, 0.2) is 18.2 Å². The van der Waals surface area contributed by atoms with Crippen molar-refractivity contribution in [1.29, 1.82) is 0 Å². The largest absolute Gasteiger partial charge is 0.390 e. The van der Waals surface area contributed by atoms with Gasteiger partial charge in [0.2, 0.25) is 0 Å². The molecule has 1 aliphatic rings. The molecule has 128 valence electrons. The smallest absolute Gasteiger partial charge is 0.314 e. The van der Waals surface area contributed by atoms with Gasteiger partial charge in [0.1, 0.15) is 5.82 Å². The average Bonchev–Trinajstić information content (AvgIpc) is 2.39. The van der Waals surface area contributed by atoms with Crippen molar-refractivity contribution in [2.75, 3.05) is 26.2 Å². The molecular weight excluding hydrogens is 367 g/mol. The van der Waals surface area contributed by atoms with Crippen molar-refractivity contribution in [2.24, 2.45) is 0 Å². The molecule has 0 bridgehead atoms. The number of rotatable bonds is 3. The van der Waals surface area contributed by atoms with Crippen LogP contribution in [0.25, 0.3) is 0 Å². The predicted octanol–water partition coefficient (Wildman–Crippen LogP) is 4.22. The summed E-state index contributed by atoms with van der Waals surface area (Å²) >= 11 is 5.79. The van der Waals surface area contributed by atoms with Crippen LogP contribution in [0.3, 0.4) is 0 Å². The summed E-state index contributed by atoms with van der Waals surface area (Å²) < 4.78 is 52.2. The lowest BCUT2D eigenvalue weighted by Crippen LogP contribution is -2.46. The highest BCUT2D eigenvalue weighted by Crippen LogP contribution is 2.36. The Kier molecular flexibility index (Phi) is 9.02. The second-order valence-electron chi connectivity index (χ2n) is 4.79. The van der Waals surface area contributed by atoms with E-state index in [0.717, 1.165) is 6.07 Å². The third-order valence-electron chi connectivity index (χ3n) is 3.33. The maximum absolute atomic E-state index is 13.9. The number of nitrogens with one attached hydrogen (secondary N) is 1. The van der Waals surface area contributed by atoms with Gasteiger partial charge in [0.15, 0.2) is 0 Å². The van der Waals surface area contributed by atoms with Crippen LogP contribution in [-0.2, 0) is 0 Å². The Balaban J connectivity index is 0.00000220. The summed E-state index contributed by atoms with van der Waals surface area (Å²) in [6, 6.07) is 2.71. The van der Waals surface area contributed by atoms with E-state index in [9.17, 15) is 17.6 Å². The molecule has 0 amide bonds. The third-order valence-corrected chi connectivity index (χ3v) is 3.57. The number of hydrogen-bond acceptors (Lipinski definition) is 2. The fraction of sp³-hybridized carbons (Fsp3) is 0.538. The molecule has 1 fully saturated rings. The van der Waals surface area contributed by atoms with Crippen molar-refractivity contribution in [1.82, 2.24) is 10.2 Å². The Morgan fingerprint density at radius 1 is 1.18 bits per heavy atom. The van der Waals surface area contributed by atoms with E-state index in [2.05, 4.69) is 5.32 Å². The summed E-state index contributed by atoms with van der Waals surface area (Å²) in [6.45, 7) is 2.09. The van der Waals surface area contributed by atoms with E-state index >= 15 is 0 Å². The first-order chi connectivity index (χ1) is 9.37. The van der Waals surface area contributed by atoms with Crippen LogP contribution >= 0.6 is 36.4 Å². The van der Waals surface area contributed by atoms with E-state index in [1.165, 1.54) is 12.1 Å². The van der Waals surface area contributed by atoms with Crippen molar-refractivity contribution in [3.05, 3.63) is 34.6 Å². The molecule has 0 saturated carbocycles. The van der Waals surface area contributed by atoms with Crippen LogP contribution in [0.4, 0.5) is 17.6 Å². The van der Waals surface area contributed by atoms with Crippen LogP contribution in [0.1, 0.15) is 18.0 Å². The van der Waals surface area contributed by atoms with E-state index in [1.54, 1.807) is 4.90 Å². The first-order valence-electron chi connectivity index (χ1n) is 6.33. The lowest BCUT2D eigenvalue weighted by atomic mass is 10.00. The Morgan fingerprint density at radius 2 is 1.77 bits per heavy atom. The van der Waals surface area contributed by atoms with Gasteiger partial charge in [-0.05, 0) is 18.2 Å². The fourth-order valence-corrected chi connectivity index (χ4v) is 2.60. The number of benzene rings is 1. The van der Waals surface area contributed by atoms with Crippen molar-refractivity contribution >= 4 is 36.4 Å². The van der Waals surface area contributed by atoms with Gasteiger partial charge in [0.25, 0.3) is 0 Å². The molecule has 1 saturated heterocycles. The lowest BCUT2D eigenvalue weighted by Gasteiger charge is -2.35. The molecule has 1 aromatic carbocycles. The lowest BCUT2D eigenvalue weighted by molar-refractivity contribution is -0.149. The normalized spacial score (nSPS) is 17.3. The minimum absolute atomic E-state index is 0. The monoisotopic (exact) mass is 382 g/mol. The molecule has 1 N–H and O–H groups in total. The van der Waals surface area contributed by atoms with E-state index in [-0.39, 0.29) is 35.4 Å². The highest BCUT2D eigenvalue weighted by Gasteiger charge is 2.37. The predicted molar refractivity (Wildman–Crippen MR) is 83.8 cm³/mol. The number of nitrogens with zero attached hydrogens (tertiary/aromatic N) is 1. The molecule has 2 rings (SSSR count). The van der Waals surface area contributed by atoms with Gasteiger partial charge in [0, 0.05) is 42.8 Å². The summed E-state index contributed by atoms with van der Waals surface area (Å²) in [6.07, 6.45) is -5.44. The van der Waals surface area contributed by atoms with Gasteiger partial charge >= 0.3 is 6.18 Å². The highest BCUT2D eigenvalue weighted by atomic mass is 35.5. The molecule has 1 atom stereocenters. The Morgan fingerprint density at radius 3 is 2.32 bits per heavy atom. The second-order valence-corrected chi connectivity index (χ2v) is 5.22. The summed E-state index contributed by atoms with van der Waals surface area (Å²) in [7, 11) is 0. The van der Waals surface area contributed by atoms with Crippen LogP contribution in [0.5, 0.6) is 0 Å². The zero-order chi connectivity index (χ0) is 14.8. The first-order valence-corrected chi connectivity index (χ1v) is 6.71. The average molecular weight is 384 g/mol. The zero-order valence-electron chi connectivity index (χ0n) is 11.5. The Labute approximate surface area is 144 Å². The van der Waals surface area contributed by atoms with Gasteiger partial charge < -0.3 is 5.32 Å². The first kappa shape index (κ1) is 21.7. The van der Waals surface area contributed by atoms with Gasteiger partial charge in [-0.2, -0.15) is 13.2 Å². The van der Waals surface area contributed by atoms with Crippen molar-refractivity contribution in [2.45, 2.75) is 18.6 Å². The third kappa shape index (κ3) is 6.08. The molecule has 0 aliphatic carbocycles. The maximum atomic E-state index is 13.9. The van der Waals surface area contributed by atoms with Gasteiger partial charge in [-0.15, -0.1) is 24.8 Å². The molecule has 2 nitrogen and oxygen atoms in total. The SMILES string of the molecule is Cl.Cl.Fc1ccc(Cl)cc1[C@H](CC(F)(F)F)N1CCNCC1. The summed E-state index contributed by atoms with van der Waals surface area (Å²) in [5.74, 6) is -0.651. The molecule has 22 heavy (non-hydrogen) atoms. The minimum atomic E-state index is -4.36. The van der Waals surface area contributed by atoms with E-state index in [1.807, 2.05) is 0 Å². The molecule has 0 radical (unpaired) electrons.